The zero-order valence-corrected chi connectivity index (χ0v) is 23.8. The third kappa shape index (κ3) is 5.92. The summed E-state index contributed by atoms with van der Waals surface area (Å²) in [5, 5.41) is 6.05. The Labute approximate surface area is 237 Å². The van der Waals surface area contributed by atoms with Crippen molar-refractivity contribution >= 4 is 39.0 Å². The fourth-order valence-corrected chi connectivity index (χ4v) is 4.90. The number of carbonyl (C=O) groups excluding carboxylic acids is 1. The third-order valence-electron chi connectivity index (χ3n) is 6.64. The van der Waals surface area contributed by atoms with Gasteiger partial charge in [-0.15, -0.1) is 11.3 Å². The van der Waals surface area contributed by atoms with Crippen LogP contribution < -0.4 is 20.3 Å². The third-order valence-corrected chi connectivity index (χ3v) is 7.40. The Bertz CT molecular complexity index is 1720. The van der Waals surface area contributed by atoms with E-state index < -0.39 is 0 Å². The first-order valence-corrected chi connectivity index (χ1v) is 14.1. The number of benzene rings is 3. The van der Waals surface area contributed by atoms with Crippen LogP contribution in [0.5, 0.6) is 11.5 Å². The molecule has 0 aliphatic rings. The molecule has 0 aliphatic carbocycles. The largest absolute Gasteiger partial charge is 0.494 e. The maximum absolute atomic E-state index is 13.6. The van der Waals surface area contributed by atoms with Crippen LogP contribution in [0.25, 0.3) is 22.2 Å². The molecule has 0 atom stereocenters. The molecular weight excluding hydrogens is 522 g/mol. The first kappa shape index (κ1) is 27.1. The molecule has 0 spiro atoms. The summed E-state index contributed by atoms with van der Waals surface area (Å²) in [5.41, 5.74) is 5.56. The van der Waals surface area contributed by atoms with Crippen LogP contribution in [0.4, 0.5) is 10.8 Å². The standard InChI is InChI=1S/C32H31N3O4S/c1-5-6-17-38-24-15-13-22(14-16-24)27-19-40-32(34-27)35-30(36)25-18-23-10-8-12-28(37-4)29(23)39-31(25)33-26-11-7-9-20(2)21(26)3/h7-16,18-19H,5-6,17H2,1-4H3,(H,34,35,36). The van der Waals surface area contributed by atoms with Crippen LogP contribution in [0, 0.1) is 13.8 Å². The predicted octanol–water partition coefficient (Wildman–Crippen LogP) is 7.85. The molecule has 1 N–H and O–H groups in total. The minimum atomic E-state index is -0.363. The molecule has 0 aliphatic heterocycles. The number of hydrogen-bond donors (Lipinski definition) is 1. The number of rotatable bonds is 9. The predicted molar refractivity (Wildman–Crippen MR) is 160 cm³/mol. The van der Waals surface area contributed by atoms with Gasteiger partial charge in [0.25, 0.3) is 5.91 Å². The highest BCUT2D eigenvalue weighted by Gasteiger charge is 2.17. The number of thiazole rings is 1. The van der Waals surface area contributed by atoms with Crippen molar-refractivity contribution in [2.75, 3.05) is 19.0 Å². The molecule has 5 aromatic rings. The molecule has 0 radical (unpaired) electrons. The van der Waals surface area contributed by atoms with Gasteiger partial charge in [-0.3, -0.25) is 10.1 Å². The van der Waals surface area contributed by atoms with Crippen LogP contribution in [-0.2, 0) is 0 Å². The second kappa shape index (κ2) is 12.2. The summed E-state index contributed by atoms with van der Waals surface area (Å²) in [4.78, 5) is 23.0. The zero-order chi connectivity index (χ0) is 28.1. The number of amides is 1. The van der Waals surface area contributed by atoms with Gasteiger partial charge in [-0.05, 0) is 73.9 Å². The van der Waals surface area contributed by atoms with Crippen LogP contribution in [0.3, 0.4) is 0 Å². The highest BCUT2D eigenvalue weighted by atomic mass is 32.1. The normalized spacial score (nSPS) is 11.6. The summed E-state index contributed by atoms with van der Waals surface area (Å²) in [6.45, 7) is 6.86. The van der Waals surface area contributed by atoms with Gasteiger partial charge in [0.15, 0.2) is 16.5 Å². The number of ether oxygens (including phenoxy) is 2. The van der Waals surface area contributed by atoms with Crippen molar-refractivity contribution in [1.29, 1.82) is 0 Å². The number of nitrogens with one attached hydrogen (secondary N) is 1. The van der Waals surface area contributed by atoms with Gasteiger partial charge in [0.05, 0.1) is 25.1 Å². The molecule has 7 nitrogen and oxygen atoms in total. The molecule has 0 unspecified atom stereocenters. The second-order valence-electron chi connectivity index (χ2n) is 9.39. The number of unbranched alkanes of at least 4 members (excludes halogenated alkanes) is 1. The van der Waals surface area contributed by atoms with E-state index in [1.807, 2.05) is 79.9 Å². The number of methoxy groups -OCH3 is 1. The molecule has 204 valence electrons. The van der Waals surface area contributed by atoms with E-state index in [0.29, 0.717) is 28.6 Å². The number of aromatic nitrogens is 1. The Morgan fingerprint density at radius 1 is 1.07 bits per heavy atom. The fourth-order valence-electron chi connectivity index (χ4n) is 4.18. The zero-order valence-electron chi connectivity index (χ0n) is 23.0. The highest BCUT2D eigenvalue weighted by Crippen LogP contribution is 2.29. The number of para-hydroxylation sites is 1. The Morgan fingerprint density at radius 3 is 2.65 bits per heavy atom. The number of hydrogen-bond acceptors (Lipinski definition) is 7. The summed E-state index contributed by atoms with van der Waals surface area (Å²) in [6.07, 6.45) is 2.11. The molecule has 40 heavy (non-hydrogen) atoms. The van der Waals surface area contributed by atoms with Crippen LogP contribution in [0.1, 0.15) is 41.3 Å². The van der Waals surface area contributed by atoms with Gasteiger partial charge in [0, 0.05) is 16.3 Å². The number of carbonyl (C=O) groups is 1. The van der Waals surface area contributed by atoms with E-state index in [1.54, 1.807) is 13.2 Å². The van der Waals surface area contributed by atoms with E-state index in [9.17, 15) is 4.79 Å². The summed E-state index contributed by atoms with van der Waals surface area (Å²) in [5.74, 6) is 1.03. The summed E-state index contributed by atoms with van der Waals surface area (Å²) in [6, 6.07) is 21.0. The maximum atomic E-state index is 13.6. The van der Waals surface area contributed by atoms with Gasteiger partial charge in [0.2, 0.25) is 5.55 Å². The van der Waals surface area contributed by atoms with Gasteiger partial charge in [-0.2, -0.15) is 0 Å². The van der Waals surface area contributed by atoms with Crippen molar-refractivity contribution in [1.82, 2.24) is 4.98 Å². The van der Waals surface area contributed by atoms with Crippen LogP contribution in [0.2, 0.25) is 0 Å². The average molecular weight is 554 g/mol. The molecule has 8 heteroatoms. The SMILES string of the molecule is CCCCOc1ccc(-c2csc(NC(=O)c3cc4cccc(OC)c4oc3=Nc3cccc(C)c3C)n2)cc1. The maximum Gasteiger partial charge on any atom is 0.262 e. The van der Waals surface area contributed by atoms with Gasteiger partial charge in [-0.1, -0.05) is 37.6 Å². The van der Waals surface area contributed by atoms with Gasteiger partial charge < -0.3 is 13.9 Å². The molecule has 2 heterocycles. The van der Waals surface area contributed by atoms with E-state index in [2.05, 4.69) is 17.2 Å². The van der Waals surface area contributed by atoms with E-state index in [4.69, 9.17) is 18.9 Å². The van der Waals surface area contributed by atoms with E-state index in [1.165, 1.54) is 11.3 Å². The van der Waals surface area contributed by atoms with Crippen molar-refractivity contribution in [3.8, 4) is 22.8 Å². The highest BCUT2D eigenvalue weighted by molar-refractivity contribution is 7.14. The van der Waals surface area contributed by atoms with Crippen molar-refractivity contribution in [3.05, 3.63) is 94.4 Å². The van der Waals surface area contributed by atoms with Crippen molar-refractivity contribution in [3.63, 3.8) is 0 Å². The van der Waals surface area contributed by atoms with E-state index in [-0.39, 0.29) is 11.5 Å². The topological polar surface area (TPSA) is 86.0 Å². The van der Waals surface area contributed by atoms with Gasteiger partial charge in [0.1, 0.15) is 11.3 Å². The van der Waals surface area contributed by atoms with Crippen molar-refractivity contribution < 1.29 is 18.7 Å². The molecular formula is C32H31N3O4S. The molecule has 0 saturated carbocycles. The monoisotopic (exact) mass is 553 g/mol. The van der Waals surface area contributed by atoms with Crippen molar-refractivity contribution in [2.24, 2.45) is 4.99 Å². The first-order valence-electron chi connectivity index (χ1n) is 13.2. The first-order chi connectivity index (χ1) is 19.5. The molecule has 2 aromatic heterocycles. The lowest BCUT2D eigenvalue weighted by Crippen LogP contribution is -2.21. The quantitative estimate of drug-likeness (QED) is 0.188. The molecule has 5 rings (SSSR count). The number of aryl methyl sites for hydroxylation is 1. The number of fused-ring (bicyclic) bond motifs is 1. The molecule has 3 aromatic carbocycles. The summed E-state index contributed by atoms with van der Waals surface area (Å²) >= 11 is 1.36. The Morgan fingerprint density at radius 2 is 1.88 bits per heavy atom. The lowest BCUT2D eigenvalue weighted by Gasteiger charge is -2.09. The van der Waals surface area contributed by atoms with Crippen molar-refractivity contribution in [2.45, 2.75) is 33.6 Å². The smallest absolute Gasteiger partial charge is 0.262 e. The van der Waals surface area contributed by atoms with Gasteiger partial charge >= 0.3 is 0 Å². The van der Waals surface area contributed by atoms with Crippen LogP contribution in [0.15, 0.2) is 81.5 Å². The van der Waals surface area contributed by atoms with E-state index >= 15 is 0 Å². The fraction of sp³-hybridized carbons (Fsp3) is 0.219. The number of nitrogens with zero attached hydrogens (tertiary/aromatic N) is 2. The second-order valence-corrected chi connectivity index (χ2v) is 10.3. The summed E-state index contributed by atoms with van der Waals surface area (Å²) < 4.78 is 17.5. The lowest BCUT2D eigenvalue weighted by molar-refractivity contribution is 0.102. The molecule has 0 saturated heterocycles. The van der Waals surface area contributed by atoms with Crippen LogP contribution in [-0.4, -0.2) is 24.6 Å². The minimum Gasteiger partial charge on any atom is -0.494 e. The Kier molecular flexibility index (Phi) is 8.26. The molecule has 0 bridgehead atoms. The lowest BCUT2D eigenvalue weighted by atomic mass is 10.1. The molecule has 1 amide bonds. The Balaban J connectivity index is 1.46. The van der Waals surface area contributed by atoms with Gasteiger partial charge in [-0.25, -0.2) is 9.98 Å². The summed E-state index contributed by atoms with van der Waals surface area (Å²) in [7, 11) is 1.58. The molecule has 0 fully saturated rings. The Hall–Kier alpha value is -4.43. The van der Waals surface area contributed by atoms with E-state index in [0.717, 1.165) is 52.0 Å². The number of anilines is 1. The minimum absolute atomic E-state index is 0.193. The average Bonchev–Trinajstić information content (AvgIpc) is 3.43. The van der Waals surface area contributed by atoms with Crippen LogP contribution >= 0.6 is 11.3 Å².